The fourth-order valence-electron chi connectivity index (χ4n) is 2.43. The number of hydrogen-bond donors (Lipinski definition) is 1. The van der Waals surface area contributed by atoms with Crippen LogP contribution in [0.2, 0.25) is 0 Å². The number of aromatic nitrogens is 1. The van der Waals surface area contributed by atoms with Crippen LogP contribution >= 0.6 is 0 Å². The third-order valence-corrected chi connectivity index (χ3v) is 3.49. The molecule has 0 aliphatic rings. The van der Waals surface area contributed by atoms with E-state index in [1.54, 1.807) is 19.2 Å². The van der Waals surface area contributed by atoms with Gasteiger partial charge in [-0.1, -0.05) is 6.07 Å². The number of benzene rings is 2. The third kappa shape index (κ3) is 2.65. The van der Waals surface area contributed by atoms with Crippen LogP contribution in [0.25, 0.3) is 10.9 Å². The zero-order chi connectivity index (χ0) is 14.8. The Bertz CT molecular complexity index is 777. The molecule has 21 heavy (non-hydrogen) atoms. The maximum absolute atomic E-state index is 9.65. The van der Waals surface area contributed by atoms with Crippen LogP contribution in [-0.4, -0.2) is 16.8 Å². The van der Waals surface area contributed by atoms with Crippen molar-refractivity contribution in [2.24, 2.45) is 7.05 Å². The van der Waals surface area contributed by atoms with E-state index in [0.29, 0.717) is 6.61 Å². The predicted molar refractivity (Wildman–Crippen MR) is 81.9 cm³/mol. The van der Waals surface area contributed by atoms with Crippen LogP contribution in [0.1, 0.15) is 5.56 Å². The lowest BCUT2D eigenvalue weighted by atomic mass is 10.2. The second-order valence-electron chi connectivity index (χ2n) is 4.93. The maximum atomic E-state index is 9.65. The fourth-order valence-corrected chi connectivity index (χ4v) is 2.43. The number of phenols is 1. The summed E-state index contributed by atoms with van der Waals surface area (Å²) >= 11 is 0. The molecule has 1 aromatic heterocycles. The third-order valence-electron chi connectivity index (χ3n) is 3.49. The number of hydrogen-bond acceptors (Lipinski definition) is 3. The first-order valence-electron chi connectivity index (χ1n) is 6.71. The van der Waals surface area contributed by atoms with Crippen molar-refractivity contribution in [3.8, 4) is 17.2 Å². The molecule has 0 atom stereocenters. The van der Waals surface area contributed by atoms with Gasteiger partial charge in [0.15, 0.2) is 0 Å². The average molecular weight is 283 g/mol. The molecule has 0 saturated heterocycles. The van der Waals surface area contributed by atoms with Crippen LogP contribution in [0.3, 0.4) is 0 Å². The van der Waals surface area contributed by atoms with Gasteiger partial charge in [-0.15, -0.1) is 0 Å². The second kappa shape index (κ2) is 5.40. The van der Waals surface area contributed by atoms with Crippen LogP contribution in [0.5, 0.6) is 17.2 Å². The summed E-state index contributed by atoms with van der Waals surface area (Å²) in [5.41, 5.74) is 2.10. The van der Waals surface area contributed by atoms with E-state index in [1.165, 1.54) is 0 Å². The predicted octanol–water partition coefficient (Wildman–Crippen LogP) is 3.47. The van der Waals surface area contributed by atoms with Crippen LogP contribution in [0.15, 0.2) is 48.7 Å². The number of nitrogens with zero attached hydrogens (tertiary/aromatic N) is 1. The first kappa shape index (κ1) is 13.4. The Labute approximate surface area is 123 Å². The van der Waals surface area contributed by atoms with Gasteiger partial charge < -0.3 is 19.1 Å². The van der Waals surface area contributed by atoms with Gasteiger partial charge in [0.1, 0.15) is 23.9 Å². The highest BCUT2D eigenvalue weighted by Gasteiger charge is 2.08. The zero-order valence-electron chi connectivity index (χ0n) is 12.0. The van der Waals surface area contributed by atoms with E-state index in [4.69, 9.17) is 9.47 Å². The van der Waals surface area contributed by atoms with Crippen molar-refractivity contribution >= 4 is 10.9 Å². The van der Waals surface area contributed by atoms with Crippen molar-refractivity contribution < 1.29 is 14.6 Å². The molecule has 0 spiro atoms. The maximum Gasteiger partial charge on any atom is 0.123 e. The average Bonchev–Trinajstić information content (AvgIpc) is 2.81. The highest BCUT2D eigenvalue weighted by Crippen LogP contribution is 2.26. The number of aromatic hydroxyl groups is 1. The molecule has 4 heteroatoms. The summed E-state index contributed by atoms with van der Waals surface area (Å²) in [6.45, 7) is 0.438. The quantitative estimate of drug-likeness (QED) is 0.797. The Hall–Kier alpha value is -2.62. The minimum absolute atomic E-state index is 0.260. The van der Waals surface area contributed by atoms with E-state index >= 15 is 0 Å². The molecule has 0 amide bonds. The van der Waals surface area contributed by atoms with E-state index < -0.39 is 0 Å². The van der Waals surface area contributed by atoms with Gasteiger partial charge in [0.25, 0.3) is 0 Å². The van der Waals surface area contributed by atoms with Gasteiger partial charge >= 0.3 is 0 Å². The SMILES string of the molecule is COc1cccc(OCc2cn(C)c3ccc(O)cc23)c1. The van der Waals surface area contributed by atoms with Crippen LogP contribution in [0.4, 0.5) is 0 Å². The van der Waals surface area contributed by atoms with Crippen molar-refractivity contribution in [1.82, 2.24) is 4.57 Å². The number of aryl methyl sites for hydroxylation is 1. The molecule has 0 unspecified atom stereocenters. The molecule has 0 aliphatic heterocycles. The Morgan fingerprint density at radius 1 is 1.10 bits per heavy atom. The van der Waals surface area contributed by atoms with E-state index in [1.807, 2.05) is 48.1 Å². The lowest BCUT2D eigenvalue weighted by molar-refractivity contribution is 0.305. The first-order chi connectivity index (χ1) is 10.2. The molecular weight excluding hydrogens is 266 g/mol. The molecular formula is C17H17NO3. The lowest BCUT2D eigenvalue weighted by Crippen LogP contribution is -1.95. The minimum Gasteiger partial charge on any atom is -0.508 e. The number of fused-ring (bicyclic) bond motifs is 1. The summed E-state index contributed by atoms with van der Waals surface area (Å²) in [6.07, 6.45) is 2.02. The summed E-state index contributed by atoms with van der Waals surface area (Å²) in [5.74, 6) is 1.78. The molecule has 0 bridgehead atoms. The van der Waals surface area contributed by atoms with Gasteiger partial charge in [-0.25, -0.2) is 0 Å². The number of rotatable bonds is 4. The van der Waals surface area contributed by atoms with Crippen LogP contribution in [0, 0.1) is 0 Å². The molecule has 0 aliphatic carbocycles. The van der Waals surface area contributed by atoms with Crippen LogP contribution < -0.4 is 9.47 Å². The molecule has 1 N–H and O–H groups in total. The van der Waals surface area contributed by atoms with Gasteiger partial charge in [0, 0.05) is 35.8 Å². The Morgan fingerprint density at radius 2 is 1.90 bits per heavy atom. The van der Waals surface area contributed by atoms with Gasteiger partial charge in [-0.05, 0) is 30.3 Å². The summed E-state index contributed by atoms with van der Waals surface area (Å²) in [4.78, 5) is 0. The smallest absolute Gasteiger partial charge is 0.123 e. The Balaban J connectivity index is 1.86. The molecule has 3 rings (SSSR count). The Morgan fingerprint density at radius 3 is 2.71 bits per heavy atom. The topological polar surface area (TPSA) is 43.6 Å². The van der Waals surface area contributed by atoms with Gasteiger partial charge in [-0.2, -0.15) is 0 Å². The largest absolute Gasteiger partial charge is 0.508 e. The Kier molecular flexibility index (Phi) is 3.44. The van der Waals surface area contributed by atoms with E-state index in [-0.39, 0.29) is 5.75 Å². The van der Waals surface area contributed by atoms with E-state index in [2.05, 4.69) is 0 Å². The standard InChI is InChI=1S/C17H17NO3/c1-18-10-12(16-8-13(19)6-7-17(16)18)11-21-15-5-3-4-14(9-15)20-2/h3-10,19H,11H2,1-2H3. The van der Waals surface area contributed by atoms with E-state index in [9.17, 15) is 5.11 Å². The molecule has 0 fully saturated rings. The monoisotopic (exact) mass is 283 g/mol. The molecule has 0 saturated carbocycles. The molecule has 1 heterocycles. The van der Waals surface area contributed by atoms with Crippen LogP contribution in [-0.2, 0) is 13.7 Å². The number of methoxy groups -OCH3 is 1. The molecule has 2 aromatic carbocycles. The van der Waals surface area contributed by atoms with Crippen molar-refractivity contribution in [2.75, 3.05) is 7.11 Å². The highest BCUT2D eigenvalue weighted by atomic mass is 16.5. The fraction of sp³-hybridized carbons (Fsp3) is 0.176. The first-order valence-corrected chi connectivity index (χ1v) is 6.71. The van der Waals surface area contributed by atoms with Crippen molar-refractivity contribution in [3.63, 3.8) is 0 Å². The number of ether oxygens (including phenoxy) is 2. The van der Waals surface area contributed by atoms with Gasteiger partial charge in [-0.3, -0.25) is 0 Å². The number of phenolic OH excluding ortho intramolecular Hbond substituents is 1. The highest BCUT2D eigenvalue weighted by molar-refractivity contribution is 5.85. The summed E-state index contributed by atoms with van der Waals surface area (Å²) in [5, 5.41) is 10.7. The summed E-state index contributed by atoms with van der Waals surface area (Å²) in [7, 11) is 3.61. The van der Waals surface area contributed by atoms with Gasteiger partial charge in [0.05, 0.1) is 7.11 Å². The molecule has 4 nitrogen and oxygen atoms in total. The molecule has 3 aromatic rings. The second-order valence-corrected chi connectivity index (χ2v) is 4.93. The lowest BCUT2D eigenvalue weighted by Gasteiger charge is -2.07. The summed E-state index contributed by atoms with van der Waals surface area (Å²) < 4.78 is 13.0. The van der Waals surface area contributed by atoms with Crippen molar-refractivity contribution in [1.29, 1.82) is 0 Å². The molecule has 0 radical (unpaired) electrons. The van der Waals surface area contributed by atoms with E-state index in [0.717, 1.165) is 28.0 Å². The molecule has 108 valence electrons. The van der Waals surface area contributed by atoms with Crippen molar-refractivity contribution in [3.05, 3.63) is 54.2 Å². The summed E-state index contributed by atoms with van der Waals surface area (Å²) in [6, 6.07) is 12.9. The zero-order valence-corrected chi connectivity index (χ0v) is 12.0. The van der Waals surface area contributed by atoms with Crippen molar-refractivity contribution in [2.45, 2.75) is 6.61 Å². The normalized spacial score (nSPS) is 10.8. The van der Waals surface area contributed by atoms with Gasteiger partial charge in [0.2, 0.25) is 0 Å². The minimum atomic E-state index is 0.260.